The van der Waals surface area contributed by atoms with Crippen molar-refractivity contribution in [3.05, 3.63) is 90.6 Å². The van der Waals surface area contributed by atoms with Crippen molar-refractivity contribution in [3.63, 3.8) is 0 Å². The molecule has 4 aliphatic rings. The minimum Gasteiger partial charge on any atom is -0.850 e. The number of piperazine rings is 2. The third kappa shape index (κ3) is 15.7. The number of rotatable bonds is 10. The average molecular weight is 1170 g/mol. The van der Waals surface area contributed by atoms with E-state index in [2.05, 4.69) is 50.0 Å². The molecule has 10 heterocycles. The Kier molecular flexibility index (Phi) is 21.1. The number of pyridine rings is 4. The van der Waals surface area contributed by atoms with Crippen LogP contribution in [0.1, 0.15) is 84.2 Å². The number of anilines is 5. The summed E-state index contributed by atoms with van der Waals surface area (Å²) in [7, 11) is 7.64. The quantitative estimate of drug-likeness (QED) is 0.142. The normalized spacial score (nSPS) is 16.0. The van der Waals surface area contributed by atoms with Crippen LogP contribution < -0.4 is 55.5 Å². The first-order valence-corrected chi connectivity index (χ1v) is 28.4. The van der Waals surface area contributed by atoms with Gasteiger partial charge in [0.15, 0.2) is 0 Å². The molecule has 8 aromatic rings. The Morgan fingerprint density at radius 3 is 1.47 bits per heavy atom. The maximum Gasteiger partial charge on any atom is 1.00 e. The Bertz CT molecular complexity index is 3460. The fraction of sp³-hybridized carbons (Fsp3) is 0.483. The van der Waals surface area contributed by atoms with E-state index < -0.39 is 17.5 Å². The standard InChI is InChI=1S/C27H32FN9O.C14H14FN5.C13H19ClN4O.C4H9O.Na/c1-34(2)17-23(38)36-13-11-35(12-14-36)19-7-8-22(30-15-19)32-27-31-16-21-20-9-10-29-25(28)24(20)37(26(21)33-27)18-5-3-4-6-18;15-12-11-9(5-6-17-12)10-7-18-14(16)19-13(10)20(11)8-3-1-2-4-8;1-16(2)10-13(19)18-7-5-17(6-8-18)11-3-4-12(14)15-9-11;1-4(2,3)5;/h7-10,15-16,18H,3-6,11-14,17H2,1-2H3,(H,30,31,32,33);5-8H,1-4H2,(H2,16,18,19);3-4,9H,5-8,10H2,1-2H3;1-3H3;/q;;;-1;+1. The molecule has 2 amide bonds. The number of carbonyl (C=O) groups excluding carboxylic acids is 2. The van der Waals surface area contributed by atoms with Gasteiger partial charge in [0.2, 0.25) is 35.6 Å². The van der Waals surface area contributed by atoms with Gasteiger partial charge in [0.1, 0.15) is 33.3 Å². The van der Waals surface area contributed by atoms with Crippen LogP contribution in [0, 0.1) is 11.9 Å². The zero-order valence-electron chi connectivity index (χ0n) is 48.9. The van der Waals surface area contributed by atoms with Crippen LogP contribution in [0.15, 0.2) is 73.6 Å². The molecular formula is C58H74ClF2N18NaO3. The molecule has 2 saturated heterocycles. The van der Waals surface area contributed by atoms with Crippen molar-refractivity contribution >= 4 is 96.4 Å². The van der Waals surface area contributed by atoms with E-state index in [9.17, 15) is 23.5 Å². The first-order valence-electron chi connectivity index (χ1n) is 28.1. The summed E-state index contributed by atoms with van der Waals surface area (Å²) in [4.78, 5) is 70.4. The Morgan fingerprint density at radius 2 is 1.05 bits per heavy atom. The van der Waals surface area contributed by atoms with Gasteiger partial charge in [0.05, 0.1) is 36.9 Å². The van der Waals surface area contributed by atoms with Gasteiger partial charge in [-0.05, 0) is 90.3 Å². The van der Waals surface area contributed by atoms with Gasteiger partial charge in [0, 0.05) is 111 Å². The van der Waals surface area contributed by atoms with Crippen molar-refractivity contribution in [1.82, 2.24) is 68.6 Å². The third-order valence-corrected chi connectivity index (χ3v) is 15.0. The fourth-order valence-electron chi connectivity index (χ4n) is 11.0. The summed E-state index contributed by atoms with van der Waals surface area (Å²) in [6.07, 6.45) is 18.7. The Labute approximate surface area is 509 Å². The van der Waals surface area contributed by atoms with Crippen LogP contribution in [0.25, 0.3) is 43.9 Å². The van der Waals surface area contributed by atoms with Gasteiger partial charge >= 0.3 is 29.6 Å². The van der Waals surface area contributed by atoms with Gasteiger partial charge in [-0.15, -0.1) is 5.60 Å². The largest absolute Gasteiger partial charge is 1.00 e. The van der Waals surface area contributed by atoms with Gasteiger partial charge in [-0.1, -0.05) is 58.1 Å². The first-order chi connectivity index (χ1) is 39.3. The summed E-state index contributed by atoms with van der Waals surface area (Å²) in [5.41, 5.74) is 9.49. The second kappa shape index (κ2) is 27.9. The molecular weight excluding hydrogens is 1090 g/mol. The number of nitrogens with zero attached hydrogens (tertiary/aromatic N) is 16. The van der Waals surface area contributed by atoms with E-state index in [-0.39, 0.29) is 59.4 Å². The molecule has 436 valence electrons. The number of carbonyl (C=O) groups is 2. The van der Waals surface area contributed by atoms with Crippen molar-refractivity contribution in [2.45, 2.75) is 89.8 Å². The molecule has 0 aromatic carbocycles. The maximum atomic E-state index is 14.9. The van der Waals surface area contributed by atoms with Crippen molar-refractivity contribution in [1.29, 1.82) is 0 Å². The molecule has 0 radical (unpaired) electrons. The van der Waals surface area contributed by atoms with Crippen LogP contribution in [0.2, 0.25) is 5.15 Å². The average Bonchev–Trinajstić information content (AvgIpc) is 2.20. The van der Waals surface area contributed by atoms with Crippen LogP contribution in [-0.2, 0) is 9.59 Å². The number of nitrogen functional groups attached to an aromatic ring is 1. The number of fused-ring (bicyclic) bond motifs is 6. The Balaban J connectivity index is 0.000000168. The smallest absolute Gasteiger partial charge is 0.850 e. The molecule has 2 saturated carbocycles. The van der Waals surface area contributed by atoms with Crippen LogP contribution in [-0.4, -0.2) is 180 Å². The fourth-order valence-corrected chi connectivity index (χ4v) is 11.2. The molecule has 2 aliphatic carbocycles. The summed E-state index contributed by atoms with van der Waals surface area (Å²) < 4.78 is 33.1. The molecule has 83 heavy (non-hydrogen) atoms. The third-order valence-electron chi connectivity index (χ3n) is 14.8. The minimum atomic E-state index is -0.750. The van der Waals surface area contributed by atoms with E-state index in [1.807, 2.05) is 93.5 Å². The summed E-state index contributed by atoms with van der Waals surface area (Å²) in [5.74, 6) is 0.695. The summed E-state index contributed by atoms with van der Waals surface area (Å²) in [5, 5.41) is 17.1. The van der Waals surface area contributed by atoms with Crippen LogP contribution >= 0.6 is 11.6 Å². The van der Waals surface area contributed by atoms with Crippen molar-refractivity contribution in [3.8, 4) is 0 Å². The number of hydrogen-bond donors (Lipinski definition) is 2. The monoisotopic (exact) mass is 1170 g/mol. The van der Waals surface area contributed by atoms with E-state index in [1.54, 1.807) is 45.4 Å². The summed E-state index contributed by atoms with van der Waals surface area (Å²) in [6, 6.07) is 11.8. The molecule has 25 heteroatoms. The van der Waals surface area contributed by atoms with Gasteiger partial charge in [-0.3, -0.25) is 9.59 Å². The zero-order valence-corrected chi connectivity index (χ0v) is 51.7. The molecule has 2 aliphatic heterocycles. The van der Waals surface area contributed by atoms with E-state index >= 15 is 0 Å². The zero-order chi connectivity index (χ0) is 58.2. The number of nitrogens with one attached hydrogen (secondary N) is 1. The van der Waals surface area contributed by atoms with Crippen LogP contribution in [0.3, 0.4) is 0 Å². The molecule has 12 rings (SSSR count). The van der Waals surface area contributed by atoms with Gasteiger partial charge in [-0.25, -0.2) is 29.9 Å². The summed E-state index contributed by atoms with van der Waals surface area (Å²) >= 11 is 5.78. The SMILES string of the molecule is CC(C)(C)[O-].CN(C)CC(=O)N1CCN(c2ccc(Cl)nc2)CC1.CN(C)CC(=O)N1CCN(c2ccc(Nc3ncc4c5ccnc(F)c5n(C5CCCC5)c4n3)nc2)CC1.Nc1ncc2c3ccnc(F)c3n(C3CCCC3)c2n1.[Na+]. The van der Waals surface area contributed by atoms with Gasteiger partial charge in [0.25, 0.3) is 0 Å². The number of nitrogens with two attached hydrogens (primary N) is 1. The van der Waals surface area contributed by atoms with Crippen molar-refractivity contribution in [2.24, 2.45) is 0 Å². The van der Waals surface area contributed by atoms with E-state index in [4.69, 9.17) is 22.3 Å². The van der Waals surface area contributed by atoms with Crippen LogP contribution in [0.5, 0.6) is 0 Å². The van der Waals surface area contributed by atoms with Gasteiger partial charge in [-0.2, -0.15) is 18.7 Å². The predicted molar refractivity (Wildman–Crippen MR) is 316 cm³/mol. The molecule has 3 N–H and O–H groups in total. The molecule has 4 fully saturated rings. The first kappa shape index (κ1) is 62.6. The van der Waals surface area contributed by atoms with E-state index in [1.165, 1.54) is 12.4 Å². The van der Waals surface area contributed by atoms with Crippen molar-refractivity contribution < 1.29 is 53.0 Å². The number of amides is 2. The molecule has 8 aromatic heterocycles. The predicted octanol–water partition coefficient (Wildman–Crippen LogP) is 4.49. The number of likely N-dealkylation sites (N-methyl/N-ethyl adjacent to an activating group) is 2. The molecule has 0 atom stereocenters. The number of halogens is 3. The molecule has 21 nitrogen and oxygen atoms in total. The minimum absolute atomic E-state index is 0. The molecule has 0 bridgehead atoms. The topological polar surface area (TPSA) is 228 Å². The van der Waals surface area contributed by atoms with Crippen LogP contribution in [0.4, 0.5) is 37.9 Å². The number of aromatic nitrogens is 10. The van der Waals surface area contributed by atoms with Crippen molar-refractivity contribution in [2.75, 3.05) is 114 Å². The maximum absolute atomic E-state index is 14.9. The molecule has 0 unspecified atom stereocenters. The van der Waals surface area contributed by atoms with E-state index in [0.717, 1.165) is 129 Å². The van der Waals surface area contributed by atoms with E-state index in [0.29, 0.717) is 59.8 Å². The Morgan fingerprint density at radius 1 is 0.614 bits per heavy atom. The molecule has 0 spiro atoms. The summed E-state index contributed by atoms with van der Waals surface area (Å²) in [6.45, 7) is 11.9. The van der Waals surface area contributed by atoms with Gasteiger partial charge < -0.3 is 54.7 Å². The second-order valence-corrected chi connectivity index (χ2v) is 23.1. The number of hydrogen-bond acceptors (Lipinski definition) is 17. The second-order valence-electron chi connectivity index (χ2n) is 22.7. The Hall–Kier alpha value is -6.47.